The number of guanidine groups is 1. The van der Waals surface area contributed by atoms with Gasteiger partial charge in [-0.15, -0.1) is 0 Å². The molecule has 0 radical (unpaired) electrons. The van der Waals surface area contributed by atoms with Crippen LogP contribution in [0.3, 0.4) is 0 Å². The van der Waals surface area contributed by atoms with Crippen LogP contribution in [0.5, 0.6) is 0 Å². The van der Waals surface area contributed by atoms with Crippen LogP contribution in [0.15, 0.2) is 4.99 Å². The number of nitrogens with zero attached hydrogens (tertiary/aromatic N) is 2. The van der Waals surface area contributed by atoms with Gasteiger partial charge >= 0.3 is 0 Å². The molecule has 2 rings (SSSR count). The first-order valence-corrected chi connectivity index (χ1v) is 8.23. The Balaban J connectivity index is 1.74. The monoisotopic (exact) mass is 282 g/mol. The zero-order chi connectivity index (χ0) is 14.2. The maximum Gasteiger partial charge on any atom is 0.191 e. The van der Waals surface area contributed by atoms with Gasteiger partial charge in [-0.25, -0.2) is 0 Å². The Morgan fingerprint density at radius 2 is 1.90 bits per heavy atom. The first-order chi connectivity index (χ1) is 9.83. The number of piperidine rings is 1. The molecule has 2 aliphatic rings. The summed E-state index contributed by atoms with van der Waals surface area (Å²) in [6.45, 7) is 5.92. The van der Waals surface area contributed by atoms with E-state index in [9.17, 15) is 0 Å². The average Bonchev–Trinajstić information content (AvgIpc) is 3.00. The number of nitrogens with one attached hydrogen (secondary N) is 2. The lowest BCUT2D eigenvalue weighted by Crippen LogP contribution is -2.50. The molecule has 116 valence electrons. The third-order valence-corrected chi connectivity index (χ3v) is 4.43. The van der Waals surface area contributed by atoms with Crippen molar-refractivity contribution in [2.75, 3.05) is 32.8 Å². The maximum atomic E-state index is 8.88. The summed E-state index contributed by atoms with van der Waals surface area (Å²) in [6.07, 6.45) is 8.03. The summed E-state index contributed by atoms with van der Waals surface area (Å²) in [5, 5.41) is 15.6. The van der Waals surface area contributed by atoms with Crippen LogP contribution in [0, 0.1) is 0 Å². The minimum absolute atomic E-state index is 0.108. The van der Waals surface area contributed by atoms with E-state index in [-0.39, 0.29) is 6.61 Å². The Hall–Kier alpha value is -0.810. The molecule has 1 saturated heterocycles. The zero-order valence-electron chi connectivity index (χ0n) is 12.8. The van der Waals surface area contributed by atoms with Crippen LogP contribution >= 0.6 is 0 Å². The highest BCUT2D eigenvalue weighted by Crippen LogP contribution is 2.26. The van der Waals surface area contributed by atoms with Crippen LogP contribution in [0.2, 0.25) is 0 Å². The Bertz CT molecular complexity index is 294. The summed E-state index contributed by atoms with van der Waals surface area (Å²) < 4.78 is 0. The third-order valence-electron chi connectivity index (χ3n) is 4.43. The SMILES string of the molecule is CCNC(=NCCO)NC1CCN(C2CCCC2)CC1. The van der Waals surface area contributed by atoms with Gasteiger partial charge in [0.05, 0.1) is 13.2 Å². The van der Waals surface area contributed by atoms with Gasteiger partial charge in [-0.2, -0.15) is 0 Å². The molecule has 0 aromatic heterocycles. The number of hydrogen-bond acceptors (Lipinski definition) is 3. The van der Waals surface area contributed by atoms with Gasteiger partial charge in [0, 0.05) is 31.7 Å². The Morgan fingerprint density at radius 1 is 1.20 bits per heavy atom. The smallest absolute Gasteiger partial charge is 0.191 e. The summed E-state index contributed by atoms with van der Waals surface area (Å²) in [5.41, 5.74) is 0. The highest BCUT2D eigenvalue weighted by atomic mass is 16.3. The topological polar surface area (TPSA) is 59.9 Å². The van der Waals surface area contributed by atoms with Crippen molar-refractivity contribution < 1.29 is 5.11 Å². The molecule has 1 aliphatic carbocycles. The van der Waals surface area contributed by atoms with Crippen LogP contribution in [-0.2, 0) is 0 Å². The molecule has 3 N–H and O–H groups in total. The summed E-state index contributed by atoms with van der Waals surface area (Å²) >= 11 is 0. The van der Waals surface area contributed by atoms with Gasteiger partial charge in [0.1, 0.15) is 0 Å². The summed E-state index contributed by atoms with van der Waals surface area (Å²) in [6, 6.07) is 1.37. The molecule has 5 nitrogen and oxygen atoms in total. The van der Waals surface area contributed by atoms with E-state index in [1.54, 1.807) is 0 Å². The van der Waals surface area contributed by atoms with E-state index < -0.39 is 0 Å². The Morgan fingerprint density at radius 3 is 2.50 bits per heavy atom. The Kier molecular flexibility index (Phi) is 6.60. The molecule has 0 atom stereocenters. The van der Waals surface area contributed by atoms with Gasteiger partial charge in [-0.1, -0.05) is 12.8 Å². The standard InChI is InChI=1S/C15H30N4O/c1-2-16-15(17-9-12-20)18-13-7-10-19(11-8-13)14-5-3-4-6-14/h13-14,20H,2-12H2,1H3,(H2,16,17,18). The van der Waals surface area contributed by atoms with Crippen molar-refractivity contribution in [2.24, 2.45) is 4.99 Å². The lowest BCUT2D eigenvalue weighted by molar-refractivity contribution is 0.150. The molecule has 0 spiro atoms. The molecule has 1 aliphatic heterocycles. The van der Waals surface area contributed by atoms with Crippen LogP contribution in [0.1, 0.15) is 45.4 Å². The number of aliphatic hydroxyl groups is 1. The largest absolute Gasteiger partial charge is 0.394 e. The summed E-state index contributed by atoms with van der Waals surface area (Å²) in [5.74, 6) is 0.848. The van der Waals surface area contributed by atoms with E-state index >= 15 is 0 Å². The second-order valence-electron chi connectivity index (χ2n) is 5.88. The highest BCUT2D eigenvalue weighted by molar-refractivity contribution is 5.80. The van der Waals surface area contributed by atoms with E-state index in [1.165, 1.54) is 51.6 Å². The highest BCUT2D eigenvalue weighted by Gasteiger charge is 2.27. The number of aliphatic imine (C=N–C) groups is 1. The van der Waals surface area contributed by atoms with Crippen LogP contribution in [0.25, 0.3) is 0 Å². The molecule has 1 saturated carbocycles. The quantitative estimate of drug-likeness (QED) is 0.519. The average molecular weight is 282 g/mol. The number of hydrogen-bond donors (Lipinski definition) is 3. The van der Waals surface area contributed by atoms with Crippen molar-refractivity contribution in [3.8, 4) is 0 Å². The predicted molar refractivity (Wildman–Crippen MR) is 83.1 cm³/mol. The van der Waals surface area contributed by atoms with Gasteiger partial charge in [0.2, 0.25) is 0 Å². The molecule has 0 aromatic carbocycles. The molecule has 0 aromatic rings. The fourth-order valence-electron chi connectivity index (χ4n) is 3.35. The van der Waals surface area contributed by atoms with Crippen LogP contribution in [0.4, 0.5) is 0 Å². The molecule has 0 unspecified atom stereocenters. The molecule has 0 amide bonds. The van der Waals surface area contributed by atoms with E-state index in [0.717, 1.165) is 18.5 Å². The van der Waals surface area contributed by atoms with Crippen molar-refractivity contribution in [2.45, 2.75) is 57.5 Å². The fourth-order valence-corrected chi connectivity index (χ4v) is 3.35. The van der Waals surface area contributed by atoms with Crippen LogP contribution < -0.4 is 10.6 Å². The Labute approximate surface area is 122 Å². The maximum absolute atomic E-state index is 8.88. The predicted octanol–water partition coefficient (Wildman–Crippen LogP) is 0.941. The zero-order valence-corrected chi connectivity index (χ0v) is 12.8. The summed E-state index contributed by atoms with van der Waals surface area (Å²) in [4.78, 5) is 7.04. The minimum atomic E-state index is 0.108. The van der Waals surface area contributed by atoms with E-state index in [4.69, 9.17) is 5.11 Å². The molecule has 2 fully saturated rings. The fraction of sp³-hybridized carbons (Fsp3) is 0.933. The van der Waals surface area contributed by atoms with Gasteiger partial charge in [-0.3, -0.25) is 4.99 Å². The molecule has 0 bridgehead atoms. The lowest BCUT2D eigenvalue weighted by Gasteiger charge is -2.36. The molecular weight excluding hydrogens is 252 g/mol. The molecule has 1 heterocycles. The lowest BCUT2D eigenvalue weighted by atomic mass is 10.0. The van der Waals surface area contributed by atoms with Crippen molar-refractivity contribution in [3.63, 3.8) is 0 Å². The van der Waals surface area contributed by atoms with E-state index in [0.29, 0.717) is 12.6 Å². The third kappa shape index (κ3) is 4.63. The number of likely N-dealkylation sites (tertiary alicyclic amines) is 1. The molecule has 5 heteroatoms. The second kappa shape index (κ2) is 8.47. The van der Waals surface area contributed by atoms with E-state index in [1.807, 2.05) is 0 Å². The van der Waals surface area contributed by atoms with Gasteiger partial charge in [-0.05, 0) is 32.6 Å². The van der Waals surface area contributed by atoms with Crippen molar-refractivity contribution in [1.29, 1.82) is 0 Å². The van der Waals surface area contributed by atoms with Crippen molar-refractivity contribution >= 4 is 5.96 Å². The normalized spacial score (nSPS) is 23.2. The first-order valence-electron chi connectivity index (χ1n) is 8.23. The van der Waals surface area contributed by atoms with Gasteiger partial charge in [0.25, 0.3) is 0 Å². The van der Waals surface area contributed by atoms with Gasteiger partial charge in [0.15, 0.2) is 5.96 Å². The van der Waals surface area contributed by atoms with Gasteiger partial charge < -0.3 is 20.6 Å². The van der Waals surface area contributed by atoms with Crippen LogP contribution in [-0.4, -0.2) is 60.8 Å². The summed E-state index contributed by atoms with van der Waals surface area (Å²) in [7, 11) is 0. The number of rotatable bonds is 5. The number of aliphatic hydroxyl groups excluding tert-OH is 1. The second-order valence-corrected chi connectivity index (χ2v) is 5.88. The minimum Gasteiger partial charge on any atom is -0.394 e. The van der Waals surface area contributed by atoms with Crippen molar-refractivity contribution in [3.05, 3.63) is 0 Å². The first kappa shape index (κ1) is 15.6. The van der Waals surface area contributed by atoms with Crippen molar-refractivity contribution in [1.82, 2.24) is 15.5 Å². The molecular formula is C15H30N4O. The van der Waals surface area contributed by atoms with E-state index in [2.05, 4.69) is 27.4 Å². The molecule has 20 heavy (non-hydrogen) atoms.